The Kier molecular flexibility index (Phi) is 3.71. The van der Waals surface area contributed by atoms with Gasteiger partial charge in [0.05, 0.1) is 29.0 Å². The number of aromatic nitrogens is 3. The lowest BCUT2D eigenvalue weighted by Crippen LogP contribution is -2.25. The van der Waals surface area contributed by atoms with E-state index in [0.717, 1.165) is 12.8 Å². The summed E-state index contributed by atoms with van der Waals surface area (Å²) in [5.41, 5.74) is 2.58. The summed E-state index contributed by atoms with van der Waals surface area (Å²) in [6, 6.07) is 0. The maximum absolute atomic E-state index is 13.1. The molecule has 8 heteroatoms. The molecule has 21 heavy (non-hydrogen) atoms. The molecule has 0 aromatic carbocycles. The predicted molar refractivity (Wildman–Crippen MR) is 73.4 cm³/mol. The third-order valence-corrected chi connectivity index (χ3v) is 4.07. The SMILES string of the molecule is Cn1nc(C(F)F)c(C(=O)NCc2cscn2)c1C1CC1. The molecule has 2 aromatic heterocycles. The molecule has 0 bridgehead atoms. The van der Waals surface area contributed by atoms with Crippen molar-refractivity contribution in [1.29, 1.82) is 0 Å². The predicted octanol–water partition coefficient (Wildman–Crippen LogP) is 2.62. The van der Waals surface area contributed by atoms with E-state index >= 15 is 0 Å². The fourth-order valence-corrected chi connectivity index (χ4v) is 2.91. The Hall–Kier alpha value is -1.83. The molecular weight excluding hydrogens is 298 g/mol. The molecule has 0 unspecified atom stereocenters. The van der Waals surface area contributed by atoms with Gasteiger partial charge in [0.1, 0.15) is 5.69 Å². The summed E-state index contributed by atoms with van der Waals surface area (Å²) in [6.45, 7) is 0.226. The highest BCUT2D eigenvalue weighted by Gasteiger charge is 2.36. The largest absolute Gasteiger partial charge is 0.346 e. The summed E-state index contributed by atoms with van der Waals surface area (Å²) in [4.78, 5) is 16.4. The van der Waals surface area contributed by atoms with Crippen molar-refractivity contribution in [1.82, 2.24) is 20.1 Å². The third-order valence-electron chi connectivity index (χ3n) is 3.43. The topological polar surface area (TPSA) is 59.8 Å². The Labute approximate surface area is 124 Å². The molecule has 1 aliphatic carbocycles. The van der Waals surface area contributed by atoms with Gasteiger partial charge in [-0.1, -0.05) is 0 Å². The third kappa shape index (κ3) is 2.80. The van der Waals surface area contributed by atoms with Crippen LogP contribution in [0.4, 0.5) is 8.78 Å². The molecule has 1 fully saturated rings. The van der Waals surface area contributed by atoms with Crippen molar-refractivity contribution < 1.29 is 13.6 Å². The molecule has 0 saturated heterocycles. The van der Waals surface area contributed by atoms with E-state index in [4.69, 9.17) is 0 Å². The molecule has 0 spiro atoms. The zero-order valence-corrected chi connectivity index (χ0v) is 12.2. The van der Waals surface area contributed by atoms with Crippen LogP contribution in [0.2, 0.25) is 0 Å². The molecule has 3 rings (SSSR count). The number of nitrogens with zero attached hydrogens (tertiary/aromatic N) is 3. The minimum atomic E-state index is -2.76. The lowest BCUT2D eigenvalue weighted by molar-refractivity contribution is 0.0934. The summed E-state index contributed by atoms with van der Waals surface area (Å²) >= 11 is 1.42. The summed E-state index contributed by atoms with van der Waals surface area (Å²) in [6.07, 6.45) is -0.938. The van der Waals surface area contributed by atoms with Gasteiger partial charge in [-0.3, -0.25) is 9.48 Å². The first kappa shape index (κ1) is 14.1. The normalized spacial score (nSPS) is 14.7. The average Bonchev–Trinajstić information content (AvgIpc) is 3.01. The number of amides is 1. The number of halogens is 2. The van der Waals surface area contributed by atoms with Crippen LogP contribution in [0.5, 0.6) is 0 Å². The number of hydrogen-bond donors (Lipinski definition) is 1. The summed E-state index contributed by atoms with van der Waals surface area (Å²) in [7, 11) is 1.61. The van der Waals surface area contributed by atoms with Crippen LogP contribution in [0.15, 0.2) is 10.9 Å². The van der Waals surface area contributed by atoms with E-state index in [1.165, 1.54) is 16.0 Å². The molecule has 1 amide bonds. The first-order valence-corrected chi connectivity index (χ1v) is 7.52. The van der Waals surface area contributed by atoms with E-state index in [1.807, 2.05) is 0 Å². The van der Waals surface area contributed by atoms with E-state index in [0.29, 0.717) is 11.4 Å². The minimum absolute atomic E-state index is 0.0326. The molecule has 0 atom stereocenters. The lowest BCUT2D eigenvalue weighted by Gasteiger charge is -2.07. The summed E-state index contributed by atoms with van der Waals surface area (Å²) in [5.74, 6) is -0.344. The van der Waals surface area contributed by atoms with Crippen molar-refractivity contribution in [2.24, 2.45) is 7.05 Å². The molecule has 5 nitrogen and oxygen atoms in total. The van der Waals surface area contributed by atoms with E-state index in [1.54, 1.807) is 17.9 Å². The van der Waals surface area contributed by atoms with Gasteiger partial charge in [-0.25, -0.2) is 13.8 Å². The van der Waals surface area contributed by atoms with Crippen molar-refractivity contribution >= 4 is 17.2 Å². The Morgan fingerprint density at radius 3 is 2.90 bits per heavy atom. The van der Waals surface area contributed by atoms with Crippen LogP contribution >= 0.6 is 11.3 Å². The Morgan fingerprint density at radius 2 is 2.33 bits per heavy atom. The van der Waals surface area contributed by atoms with E-state index < -0.39 is 18.0 Å². The molecule has 0 aliphatic heterocycles. The van der Waals surface area contributed by atoms with Crippen LogP contribution in [0.1, 0.15) is 52.6 Å². The highest BCUT2D eigenvalue weighted by molar-refractivity contribution is 7.07. The number of carbonyl (C=O) groups is 1. The van der Waals surface area contributed by atoms with Crippen molar-refractivity contribution in [2.75, 3.05) is 0 Å². The second-order valence-electron chi connectivity index (χ2n) is 5.01. The summed E-state index contributed by atoms with van der Waals surface area (Å²) < 4.78 is 27.6. The van der Waals surface area contributed by atoms with E-state index in [2.05, 4.69) is 15.4 Å². The number of rotatable bonds is 5. The van der Waals surface area contributed by atoms with Gasteiger partial charge in [0.2, 0.25) is 0 Å². The maximum atomic E-state index is 13.1. The van der Waals surface area contributed by atoms with E-state index in [9.17, 15) is 13.6 Å². The van der Waals surface area contributed by atoms with Crippen LogP contribution < -0.4 is 5.32 Å². The van der Waals surface area contributed by atoms with Crippen molar-refractivity contribution in [3.05, 3.63) is 33.5 Å². The Bertz CT molecular complexity index is 649. The second kappa shape index (κ2) is 5.51. The molecule has 1 saturated carbocycles. The van der Waals surface area contributed by atoms with Gasteiger partial charge in [0.15, 0.2) is 0 Å². The highest BCUT2D eigenvalue weighted by atomic mass is 32.1. The minimum Gasteiger partial charge on any atom is -0.346 e. The first-order chi connectivity index (χ1) is 10.1. The molecule has 1 aliphatic rings. The van der Waals surface area contributed by atoms with Gasteiger partial charge in [0.25, 0.3) is 12.3 Å². The second-order valence-corrected chi connectivity index (χ2v) is 5.73. The van der Waals surface area contributed by atoms with Crippen LogP contribution in [-0.2, 0) is 13.6 Å². The van der Waals surface area contributed by atoms with Crippen LogP contribution in [0, 0.1) is 0 Å². The van der Waals surface area contributed by atoms with Crippen LogP contribution in [0.25, 0.3) is 0 Å². The molecule has 0 radical (unpaired) electrons. The lowest BCUT2D eigenvalue weighted by atomic mass is 10.1. The zero-order chi connectivity index (χ0) is 15.0. The monoisotopic (exact) mass is 312 g/mol. The molecule has 1 N–H and O–H groups in total. The summed E-state index contributed by atoms with van der Waals surface area (Å²) in [5, 5.41) is 8.29. The fraction of sp³-hybridized carbons (Fsp3) is 0.462. The van der Waals surface area contributed by atoms with Crippen molar-refractivity contribution in [3.8, 4) is 0 Å². The Balaban J connectivity index is 1.86. The van der Waals surface area contributed by atoms with Crippen LogP contribution in [0.3, 0.4) is 0 Å². The highest BCUT2D eigenvalue weighted by Crippen LogP contribution is 2.43. The fourth-order valence-electron chi connectivity index (χ4n) is 2.35. The Morgan fingerprint density at radius 1 is 1.57 bits per heavy atom. The van der Waals surface area contributed by atoms with Crippen molar-refractivity contribution in [2.45, 2.75) is 31.7 Å². The van der Waals surface area contributed by atoms with Gasteiger partial charge in [0, 0.05) is 18.3 Å². The number of alkyl halides is 2. The number of nitrogens with one attached hydrogen (secondary N) is 1. The van der Waals surface area contributed by atoms with Gasteiger partial charge in [-0.15, -0.1) is 11.3 Å². The van der Waals surface area contributed by atoms with Crippen molar-refractivity contribution in [3.63, 3.8) is 0 Å². The standard InChI is InChI=1S/C13H14F2N4OS/c1-19-11(7-2-3-7)9(10(18-19)12(14)15)13(20)16-4-8-5-21-6-17-8/h5-7,12H,2-4H2,1H3,(H,16,20). The van der Waals surface area contributed by atoms with Gasteiger partial charge >= 0.3 is 0 Å². The maximum Gasteiger partial charge on any atom is 0.282 e. The average molecular weight is 312 g/mol. The van der Waals surface area contributed by atoms with Gasteiger partial charge in [-0.2, -0.15) is 5.10 Å². The quantitative estimate of drug-likeness (QED) is 0.923. The number of hydrogen-bond acceptors (Lipinski definition) is 4. The van der Waals surface area contributed by atoms with Crippen LogP contribution in [-0.4, -0.2) is 20.7 Å². The number of aryl methyl sites for hydroxylation is 1. The molecule has 112 valence electrons. The van der Waals surface area contributed by atoms with Gasteiger partial charge in [-0.05, 0) is 12.8 Å². The van der Waals surface area contributed by atoms with Gasteiger partial charge < -0.3 is 5.32 Å². The smallest absolute Gasteiger partial charge is 0.282 e. The molecule has 2 heterocycles. The number of thiazole rings is 1. The number of carbonyl (C=O) groups excluding carboxylic acids is 1. The first-order valence-electron chi connectivity index (χ1n) is 6.58. The van der Waals surface area contributed by atoms with E-state index in [-0.39, 0.29) is 18.0 Å². The molecule has 2 aromatic rings. The zero-order valence-electron chi connectivity index (χ0n) is 11.3. The molecular formula is C13H14F2N4OS.